The molecule has 1 aromatic rings. The Bertz CT molecular complexity index is 1260. The number of ketones is 1. The first-order chi connectivity index (χ1) is 17.9. The number of carbonyl (C=O) groups excluding carboxylic acids is 3. The number of hydrogen-bond acceptors (Lipinski definition) is 8. The topological polar surface area (TPSA) is 158 Å². The monoisotopic (exact) mass is 546 g/mol. The van der Waals surface area contributed by atoms with Gasteiger partial charge in [0.15, 0.2) is 5.75 Å². The first-order valence-electron chi connectivity index (χ1n) is 12.8. The summed E-state index contributed by atoms with van der Waals surface area (Å²) in [5, 5.41) is 25.7. The minimum absolute atomic E-state index is 0.0489. The molecule has 2 fully saturated rings. The fourth-order valence-electron chi connectivity index (χ4n) is 5.75. The van der Waals surface area contributed by atoms with Gasteiger partial charge in [-0.25, -0.2) is 4.79 Å². The van der Waals surface area contributed by atoms with Crippen LogP contribution < -0.4 is 16.1 Å². The maximum atomic E-state index is 13.0. The highest BCUT2D eigenvalue weighted by molar-refractivity contribution is 8.03. The maximum Gasteiger partial charge on any atom is 0.353 e. The lowest BCUT2D eigenvalue weighted by molar-refractivity contribution is -0.160. The Kier molecular flexibility index (Phi) is 8.03. The van der Waals surface area contributed by atoms with Gasteiger partial charge in [0, 0.05) is 61.2 Å². The Hall–Kier alpha value is -3.12. The summed E-state index contributed by atoms with van der Waals surface area (Å²) in [4.78, 5) is 63.5. The highest BCUT2D eigenvalue weighted by atomic mass is 32.2. The molecule has 3 aliphatic heterocycles. The zero-order chi connectivity index (χ0) is 27.9. The Morgan fingerprint density at radius 1 is 1.29 bits per heavy atom. The number of aryl methyl sites for hydroxylation is 1. The smallest absolute Gasteiger partial charge is 0.353 e. The molecule has 0 aromatic carbocycles. The second-order valence-corrected chi connectivity index (χ2v) is 11.8. The van der Waals surface area contributed by atoms with Crippen molar-refractivity contribution < 1.29 is 29.4 Å². The number of amides is 2. The van der Waals surface area contributed by atoms with Crippen molar-refractivity contribution in [2.45, 2.75) is 57.4 Å². The van der Waals surface area contributed by atoms with Gasteiger partial charge < -0.3 is 30.3 Å². The van der Waals surface area contributed by atoms with Gasteiger partial charge in [-0.2, -0.15) is 0 Å². The van der Waals surface area contributed by atoms with Crippen LogP contribution in [-0.2, 0) is 21.4 Å². The second kappa shape index (κ2) is 10.9. The van der Waals surface area contributed by atoms with E-state index < -0.39 is 23.1 Å². The van der Waals surface area contributed by atoms with Crippen molar-refractivity contribution in [1.29, 1.82) is 0 Å². The van der Waals surface area contributed by atoms with Crippen LogP contribution in [0.1, 0.15) is 50.5 Å². The predicted molar refractivity (Wildman–Crippen MR) is 140 cm³/mol. The normalized spacial score (nSPS) is 27.2. The molecule has 1 aromatic heterocycles. The van der Waals surface area contributed by atoms with Crippen LogP contribution in [0.2, 0.25) is 0 Å². The van der Waals surface area contributed by atoms with E-state index in [1.54, 1.807) is 14.0 Å². The summed E-state index contributed by atoms with van der Waals surface area (Å²) in [6.45, 7) is 6.55. The number of pyridine rings is 1. The summed E-state index contributed by atoms with van der Waals surface area (Å²) in [6, 6.07) is 0.782. The van der Waals surface area contributed by atoms with Crippen molar-refractivity contribution in [2.75, 3.05) is 13.1 Å². The first kappa shape index (κ1) is 27.9. The number of aliphatic carboxylic acids is 1. The summed E-state index contributed by atoms with van der Waals surface area (Å²) >= 11 is 1.47. The lowest BCUT2D eigenvalue weighted by Crippen LogP contribution is -2.62. The van der Waals surface area contributed by atoms with E-state index in [1.807, 2.05) is 13.8 Å². The number of hydrogen-bond donors (Lipinski definition) is 4. The summed E-state index contributed by atoms with van der Waals surface area (Å²) in [6.07, 6.45) is 2.59. The number of carbonyl (C=O) groups is 4. The van der Waals surface area contributed by atoms with Crippen LogP contribution >= 0.6 is 11.8 Å². The molecule has 38 heavy (non-hydrogen) atoms. The van der Waals surface area contributed by atoms with Crippen LogP contribution in [0.25, 0.3) is 0 Å². The van der Waals surface area contributed by atoms with Crippen LogP contribution in [0, 0.1) is 17.8 Å². The lowest BCUT2D eigenvalue weighted by Gasteiger charge is -2.47. The van der Waals surface area contributed by atoms with Gasteiger partial charge in [-0.15, -0.1) is 11.8 Å². The first-order valence-corrected chi connectivity index (χ1v) is 13.7. The number of carboxylic acids is 1. The van der Waals surface area contributed by atoms with E-state index in [4.69, 9.17) is 0 Å². The molecule has 1 unspecified atom stereocenters. The summed E-state index contributed by atoms with van der Waals surface area (Å²) < 4.78 is 1.38. The molecule has 6 atom stereocenters. The fourth-order valence-corrected chi connectivity index (χ4v) is 7.27. The molecule has 12 heteroatoms. The van der Waals surface area contributed by atoms with Crippen LogP contribution in [0.15, 0.2) is 27.7 Å². The number of Topliss-reactive ketones (excluding diaryl/α,β-unsaturated/α-hetero) is 1. The number of nitrogens with one attached hydrogen (secondary N) is 2. The molecule has 0 bridgehead atoms. The Balaban J connectivity index is 1.38. The van der Waals surface area contributed by atoms with Crippen LogP contribution in [-0.4, -0.2) is 73.7 Å². The van der Waals surface area contributed by atoms with Crippen molar-refractivity contribution >= 4 is 35.3 Å². The molecular formula is C26H34N4O7S. The lowest BCUT2D eigenvalue weighted by atomic mass is 9.73. The minimum atomic E-state index is -1.12. The standard InChI is InChI=1S/C26H34N4O7S/c1-5-15(31)6-12(2)20-21-13(3)23(22(26(36)37)30(21)25(20)35)38-16-7-14(27-10-16)9-28-24(34)17-8-18(32)19(33)11-29(17)4/h8,11-14,16,20-21,27,33H,5-7,9-10H2,1-4H3,(H,28,34)(H,36,37)/t12-,13+,14-,16?,20+,21+/m0/s1. The molecule has 11 nitrogen and oxygen atoms in total. The molecule has 2 amide bonds. The van der Waals surface area contributed by atoms with Gasteiger partial charge >= 0.3 is 5.97 Å². The highest BCUT2D eigenvalue weighted by Gasteiger charge is 2.60. The molecular weight excluding hydrogens is 512 g/mol. The van der Waals surface area contributed by atoms with Gasteiger partial charge in [0.05, 0.1) is 18.2 Å². The number of nitrogens with zero attached hydrogens (tertiary/aromatic N) is 2. The van der Waals surface area contributed by atoms with Crippen LogP contribution in [0.3, 0.4) is 0 Å². The number of carboxylic acid groups (broad SMARTS) is 1. The van der Waals surface area contributed by atoms with E-state index in [9.17, 15) is 34.2 Å². The van der Waals surface area contributed by atoms with Gasteiger partial charge in [-0.05, 0) is 12.3 Å². The number of fused-ring (bicyclic) bond motifs is 1. The molecule has 0 spiro atoms. The van der Waals surface area contributed by atoms with Crippen LogP contribution in [0.5, 0.6) is 5.75 Å². The van der Waals surface area contributed by atoms with E-state index in [1.165, 1.54) is 27.4 Å². The van der Waals surface area contributed by atoms with Crippen LogP contribution in [0.4, 0.5) is 0 Å². The third kappa shape index (κ3) is 5.11. The maximum absolute atomic E-state index is 13.0. The third-order valence-corrected chi connectivity index (χ3v) is 9.29. The summed E-state index contributed by atoms with van der Waals surface area (Å²) in [7, 11) is 1.56. The third-order valence-electron chi connectivity index (χ3n) is 7.78. The molecule has 3 aliphatic rings. The Labute approximate surface area is 224 Å². The quantitative estimate of drug-likeness (QED) is 0.315. The van der Waals surface area contributed by atoms with E-state index in [-0.39, 0.29) is 58.2 Å². The van der Waals surface area contributed by atoms with Crippen molar-refractivity contribution in [3.05, 3.63) is 38.8 Å². The van der Waals surface area contributed by atoms with Gasteiger partial charge in [0.25, 0.3) is 5.91 Å². The average molecular weight is 547 g/mol. The van der Waals surface area contributed by atoms with Crippen molar-refractivity contribution in [3.8, 4) is 5.75 Å². The molecule has 0 radical (unpaired) electrons. The molecule has 2 saturated heterocycles. The number of thioether (sulfide) groups is 1. The zero-order valence-electron chi connectivity index (χ0n) is 21.9. The summed E-state index contributed by atoms with van der Waals surface area (Å²) in [5.41, 5.74) is -0.451. The van der Waals surface area contributed by atoms with Gasteiger partial charge in [-0.1, -0.05) is 20.8 Å². The number of aromatic hydroxyl groups is 1. The summed E-state index contributed by atoms with van der Waals surface area (Å²) in [5.74, 6) is -2.78. The van der Waals surface area contributed by atoms with E-state index >= 15 is 0 Å². The van der Waals surface area contributed by atoms with Gasteiger partial charge in [0.2, 0.25) is 11.3 Å². The molecule has 0 aliphatic carbocycles. The highest BCUT2D eigenvalue weighted by Crippen LogP contribution is 2.53. The number of β-lactam (4-membered cyclic amide) rings is 1. The van der Waals surface area contributed by atoms with E-state index in [2.05, 4.69) is 10.6 Å². The molecule has 206 valence electrons. The zero-order valence-corrected chi connectivity index (χ0v) is 22.7. The molecule has 4 heterocycles. The van der Waals surface area contributed by atoms with Crippen molar-refractivity contribution in [1.82, 2.24) is 20.1 Å². The fraction of sp³-hybridized carbons (Fsp3) is 0.577. The van der Waals surface area contributed by atoms with E-state index in [0.29, 0.717) is 37.3 Å². The SMILES string of the molecule is CCC(=O)C[C@H](C)[C@H]1C(=O)N2C(C(=O)O)=C(SC3CN[C@H](CNC(=O)c4cc(=O)c(O)cn4C)C3)[C@H](C)[C@H]12. The van der Waals surface area contributed by atoms with Crippen molar-refractivity contribution in [3.63, 3.8) is 0 Å². The minimum Gasteiger partial charge on any atom is -0.503 e. The number of rotatable bonds is 10. The average Bonchev–Trinajstić information content (AvgIpc) is 3.40. The largest absolute Gasteiger partial charge is 0.503 e. The second-order valence-electron chi connectivity index (χ2n) is 10.4. The Morgan fingerprint density at radius 3 is 2.66 bits per heavy atom. The predicted octanol–water partition coefficient (Wildman–Crippen LogP) is 1.06. The van der Waals surface area contributed by atoms with Crippen molar-refractivity contribution in [2.24, 2.45) is 24.8 Å². The number of aromatic nitrogens is 1. The molecule has 4 rings (SSSR count). The van der Waals surface area contributed by atoms with Gasteiger partial charge in [-0.3, -0.25) is 19.2 Å². The molecule has 4 N–H and O–H groups in total. The Morgan fingerprint density at radius 2 is 2.00 bits per heavy atom. The van der Waals surface area contributed by atoms with E-state index in [0.717, 1.165) is 6.07 Å². The van der Waals surface area contributed by atoms with Gasteiger partial charge in [0.1, 0.15) is 17.2 Å². The molecule has 0 saturated carbocycles.